The SMILES string of the molecule is CCCCCCCCCCCCCCCCCCCCCCC1=[N+](C(C)NC(=O)CCCCCCCCCCCCCCCCCCCCC)CCN1. The van der Waals surface area contributed by atoms with Crippen molar-refractivity contribution >= 4 is 11.7 Å². The molecule has 2 N–H and O–H groups in total. The number of nitrogens with zero attached hydrogens (tertiary/aromatic N) is 1. The summed E-state index contributed by atoms with van der Waals surface area (Å²) >= 11 is 0. The van der Waals surface area contributed by atoms with Crippen LogP contribution < -0.4 is 10.6 Å². The molecule has 4 heteroatoms. The van der Waals surface area contributed by atoms with Crippen LogP contribution in [0.2, 0.25) is 0 Å². The smallest absolute Gasteiger partial charge is 0.246 e. The number of hydrogen-bond donors (Lipinski definition) is 2. The average molecular weight is 745 g/mol. The number of nitrogens with one attached hydrogen (secondary N) is 2. The van der Waals surface area contributed by atoms with Crippen LogP contribution in [0.4, 0.5) is 0 Å². The van der Waals surface area contributed by atoms with Crippen molar-refractivity contribution in [2.45, 2.75) is 290 Å². The van der Waals surface area contributed by atoms with Crippen LogP contribution in [-0.4, -0.2) is 35.6 Å². The number of hydrogen-bond acceptors (Lipinski definition) is 2. The molecule has 0 bridgehead atoms. The maximum Gasteiger partial charge on any atom is 0.246 e. The molecule has 0 aromatic carbocycles. The molecule has 0 saturated carbocycles. The Morgan fingerprint density at radius 2 is 0.755 bits per heavy atom. The molecule has 1 rings (SSSR count). The zero-order valence-corrected chi connectivity index (χ0v) is 36.8. The maximum absolute atomic E-state index is 12.7. The summed E-state index contributed by atoms with van der Waals surface area (Å²) in [5.74, 6) is 1.58. The fourth-order valence-corrected chi connectivity index (χ4v) is 8.51. The van der Waals surface area contributed by atoms with Gasteiger partial charge in [0.15, 0.2) is 6.17 Å². The van der Waals surface area contributed by atoms with Crippen molar-refractivity contribution in [1.29, 1.82) is 0 Å². The van der Waals surface area contributed by atoms with Gasteiger partial charge in [-0.15, -0.1) is 0 Å². The molecule has 0 aromatic heterocycles. The van der Waals surface area contributed by atoms with E-state index in [4.69, 9.17) is 0 Å². The predicted octanol–water partition coefficient (Wildman–Crippen LogP) is 15.5. The molecular formula is C49H98N3O+. The van der Waals surface area contributed by atoms with Gasteiger partial charge in [-0.05, 0) is 19.8 Å². The van der Waals surface area contributed by atoms with E-state index in [9.17, 15) is 4.79 Å². The first kappa shape index (κ1) is 50.0. The van der Waals surface area contributed by atoms with Crippen LogP contribution in [0.1, 0.15) is 284 Å². The molecule has 1 aliphatic rings. The third-order valence-electron chi connectivity index (χ3n) is 12.1. The Morgan fingerprint density at radius 1 is 0.472 bits per heavy atom. The summed E-state index contributed by atoms with van der Waals surface area (Å²) < 4.78 is 2.41. The topological polar surface area (TPSA) is 44.1 Å². The van der Waals surface area contributed by atoms with Crippen molar-refractivity contribution in [2.75, 3.05) is 13.1 Å². The van der Waals surface area contributed by atoms with Crippen LogP contribution in [-0.2, 0) is 4.79 Å². The van der Waals surface area contributed by atoms with Crippen LogP contribution in [0.3, 0.4) is 0 Å². The zero-order chi connectivity index (χ0) is 38.1. The highest BCUT2D eigenvalue weighted by Crippen LogP contribution is 2.17. The molecule has 0 aromatic rings. The first-order valence-corrected chi connectivity index (χ1v) is 24.8. The molecule has 1 atom stereocenters. The molecular weight excluding hydrogens is 647 g/mol. The second-order valence-electron chi connectivity index (χ2n) is 17.4. The Balaban J connectivity index is 1.88. The fourth-order valence-electron chi connectivity index (χ4n) is 8.51. The fraction of sp³-hybridized carbons (Fsp3) is 0.959. The van der Waals surface area contributed by atoms with Crippen LogP contribution in [0, 0.1) is 0 Å². The van der Waals surface area contributed by atoms with Gasteiger partial charge >= 0.3 is 0 Å². The summed E-state index contributed by atoms with van der Waals surface area (Å²) in [6, 6.07) is 0. The zero-order valence-electron chi connectivity index (χ0n) is 36.8. The molecule has 1 unspecified atom stereocenters. The van der Waals surface area contributed by atoms with Gasteiger partial charge in [0.2, 0.25) is 11.7 Å². The molecule has 53 heavy (non-hydrogen) atoms. The number of unbranched alkanes of at least 4 members (excludes halogenated alkanes) is 37. The second-order valence-corrected chi connectivity index (χ2v) is 17.4. The number of rotatable bonds is 43. The summed E-state index contributed by atoms with van der Waals surface area (Å²) in [7, 11) is 0. The number of amidine groups is 1. The molecule has 0 fully saturated rings. The monoisotopic (exact) mass is 745 g/mol. The van der Waals surface area contributed by atoms with E-state index in [0.717, 1.165) is 25.9 Å². The van der Waals surface area contributed by atoms with Gasteiger partial charge in [0.1, 0.15) is 13.1 Å². The van der Waals surface area contributed by atoms with E-state index in [2.05, 4.69) is 36.0 Å². The van der Waals surface area contributed by atoms with E-state index >= 15 is 0 Å². The van der Waals surface area contributed by atoms with Crippen molar-refractivity contribution in [2.24, 2.45) is 0 Å². The van der Waals surface area contributed by atoms with E-state index in [0.29, 0.717) is 6.42 Å². The van der Waals surface area contributed by atoms with E-state index in [-0.39, 0.29) is 12.1 Å². The van der Waals surface area contributed by atoms with Gasteiger partial charge in [-0.1, -0.05) is 251 Å². The van der Waals surface area contributed by atoms with Crippen molar-refractivity contribution in [3.63, 3.8) is 0 Å². The Labute approximate surface area is 334 Å². The largest absolute Gasteiger partial charge is 0.318 e. The van der Waals surface area contributed by atoms with E-state index < -0.39 is 0 Å². The lowest BCUT2D eigenvalue weighted by molar-refractivity contribution is -0.558. The lowest BCUT2D eigenvalue weighted by atomic mass is 10.0. The van der Waals surface area contributed by atoms with E-state index in [1.165, 1.54) is 250 Å². The Morgan fingerprint density at radius 3 is 1.08 bits per heavy atom. The Kier molecular flexibility index (Phi) is 38.3. The summed E-state index contributed by atoms with van der Waals surface area (Å²) in [5.41, 5.74) is 0. The number of carbonyl (C=O) groups is 1. The normalized spacial score (nSPS) is 13.6. The van der Waals surface area contributed by atoms with E-state index in [1.807, 2.05) is 0 Å². The summed E-state index contributed by atoms with van der Waals surface area (Å²) in [5, 5.41) is 6.92. The lowest BCUT2D eigenvalue weighted by Gasteiger charge is -2.15. The third kappa shape index (κ3) is 34.0. The van der Waals surface area contributed by atoms with Crippen LogP contribution in [0.15, 0.2) is 0 Å². The van der Waals surface area contributed by atoms with Crippen LogP contribution in [0.5, 0.6) is 0 Å². The molecule has 1 heterocycles. The average Bonchev–Trinajstić information content (AvgIpc) is 3.64. The molecule has 314 valence electrons. The standard InChI is InChI=1S/C49H97N3O/c1-4-6-8-10-12-14-16-18-20-22-24-26-27-29-31-33-35-37-39-41-43-48-50-45-46-52(48)47(3)51-49(53)44-42-40-38-36-34-32-30-28-25-23-21-19-17-15-13-11-9-7-5-2/h47H,4-46H2,1-3H3,(H,51,53)/p+1. The summed E-state index contributed by atoms with van der Waals surface area (Å²) in [6.45, 7) is 8.79. The number of amides is 1. The van der Waals surface area contributed by atoms with Crippen molar-refractivity contribution in [3.05, 3.63) is 0 Å². The molecule has 0 radical (unpaired) electrons. The minimum atomic E-state index is 0.0953. The van der Waals surface area contributed by atoms with Gasteiger partial charge in [-0.2, -0.15) is 0 Å². The molecule has 1 aliphatic heterocycles. The Bertz CT molecular complexity index is 795. The first-order valence-electron chi connectivity index (χ1n) is 24.8. The van der Waals surface area contributed by atoms with Gasteiger partial charge in [-0.25, -0.2) is 4.58 Å². The van der Waals surface area contributed by atoms with Crippen LogP contribution >= 0.6 is 0 Å². The lowest BCUT2D eigenvalue weighted by Crippen LogP contribution is -2.42. The van der Waals surface area contributed by atoms with Crippen molar-refractivity contribution < 1.29 is 9.37 Å². The molecule has 0 saturated heterocycles. The van der Waals surface area contributed by atoms with Gasteiger partial charge in [0.05, 0.1) is 0 Å². The van der Waals surface area contributed by atoms with Gasteiger partial charge in [0, 0.05) is 12.8 Å². The van der Waals surface area contributed by atoms with Gasteiger partial charge in [0.25, 0.3) is 0 Å². The molecule has 0 spiro atoms. The Hall–Kier alpha value is -1.06. The van der Waals surface area contributed by atoms with Crippen LogP contribution in [0.25, 0.3) is 0 Å². The quantitative estimate of drug-likeness (QED) is 0.0482. The highest BCUT2D eigenvalue weighted by Gasteiger charge is 2.25. The van der Waals surface area contributed by atoms with Gasteiger partial charge < -0.3 is 5.32 Å². The molecule has 1 amide bonds. The van der Waals surface area contributed by atoms with Crippen molar-refractivity contribution in [3.8, 4) is 0 Å². The van der Waals surface area contributed by atoms with E-state index in [1.54, 1.807) is 0 Å². The minimum absolute atomic E-state index is 0.0953. The highest BCUT2D eigenvalue weighted by atomic mass is 16.1. The molecule has 4 nitrogen and oxygen atoms in total. The highest BCUT2D eigenvalue weighted by molar-refractivity contribution is 5.79. The predicted molar refractivity (Wildman–Crippen MR) is 236 cm³/mol. The van der Waals surface area contributed by atoms with Crippen molar-refractivity contribution in [1.82, 2.24) is 10.6 Å². The molecule has 0 aliphatic carbocycles. The minimum Gasteiger partial charge on any atom is -0.318 e. The second kappa shape index (κ2) is 40.6. The van der Waals surface area contributed by atoms with Gasteiger partial charge in [-0.3, -0.25) is 10.1 Å². The maximum atomic E-state index is 12.7. The summed E-state index contributed by atoms with van der Waals surface area (Å²) in [6.07, 6.45) is 56.8. The first-order chi connectivity index (χ1) is 26.2. The summed E-state index contributed by atoms with van der Waals surface area (Å²) in [4.78, 5) is 12.7. The third-order valence-corrected chi connectivity index (χ3v) is 12.1. The number of carbonyl (C=O) groups excluding carboxylic acids is 1.